The van der Waals surface area contributed by atoms with Crippen LogP contribution in [0.3, 0.4) is 0 Å². The number of carbonyl (C=O) groups is 1. The van der Waals surface area contributed by atoms with Crippen molar-refractivity contribution in [2.75, 3.05) is 32.1 Å². The van der Waals surface area contributed by atoms with Gasteiger partial charge in [0.1, 0.15) is 0 Å². The number of methoxy groups -OCH3 is 1. The van der Waals surface area contributed by atoms with Crippen molar-refractivity contribution in [2.45, 2.75) is 6.92 Å². The maximum absolute atomic E-state index is 11.4. The number of aromatic nitrogens is 2. The number of anilines is 1. The summed E-state index contributed by atoms with van der Waals surface area (Å²) < 4.78 is 4.96. The quantitative estimate of drug-likeness (QED) is 0.714. The number of hydrogen-bond acceptors (Lipinski definition) is 5. The predicted molar refractivity (Wildman–Crippen MR) is 63.4 cm³/mol. The van der Waals surface area contributed by atoms with Gasteiger partial charge >= 0.3 is 0 Å². The van der Waals surface area contributed by atoms with Gasteiger partial charge in [0, 0.05) is 13.6 Å². The molecule has 0 spiro atoms. The number of likely N-dealkylation sites (N-methyl/N-ethyl adjacent to an activating group) is 2. The molecule has 0 saturated carbocycles. The Kier molecular flexibility index (Phi) is 4.50. The Hall–Kier alpha value is -2.05. The molecular weight excluding hydrogens is 224 g/mol. The molecule has 1 rings (SSSR count). The number of nitrogens with zero attached hydrogens (tertiary/aromatic N) is 2. The van der Waals surface area contributed by atoms with E-state index in [1.165, 1.54) is 13.4 Å². The molecule has 0 saturated heterocycles. The summed E-state index contributed by atoms with van der Waals surface area (Å²) in [4.78, 5) is 30.8. The van der Waals surface area contributed by atoms with Gasteiger partial charge < -0.3 is 19.9 Å². The molecule has 1 amide bonds. The van der Waals surface area contributed by atoms with Gasteiger partial charge in [-0.15, -0.1) is 0 Å². The molecule has 1 heterocycles. The number of rotatable bonds is 5. The van der Waals surface area contributed by atoms with Crippen molar-refractivity contribution in [3.05, 3.63) is 16.7 Å². The summed E-state index contributed by atoms with van der Waals surface area (Å²) in [7, 11) is 3.05. The van der Waals surface area contributed by atoms with Crippen LogP contribution in [0.4, 0.5) is 5.82 Å². The van der Waals surface area contributed by atoms with Crippen molar-refractivity contribution in [2.24, 2.45) is 0 Å². The van der Waals surface area contributed by atoms with Crippen LogP contribution in [0.5, 0.6) is 5.75 Å². The second kappa shape index (κ2) is 5.88. The maximum Gasteiger partial charge on any atom is 0.295 e. The van der Waals surface area contributed by atoms with Crippen molar-refractivity contribution < 1.29 is 9.53 Å². The number of carbonyl (C=O) groups excluding carboxylic acids is 1. The Morgan fingerprint density at radius 1 is 1.65 bits per heavy atom. The Morgan fingerprint density at radius 2 is 2.35 bits per heavy atom. The van der Waals surface area contributed by atoms with Crippen LogP contribution in [0.1, 0.15) is 6.92 Å². The fourth-order valence-electron chi connectivity index (χ4n) is 1.38. The number of ether oxygens (including phenoxy) is 1. The first-order valence-corrected chi connectivity index (χ1v) is 5.19. The number of amides is 1. The number of hydrogen-bond donors (Lipinski definition) is 2. The van der Waals surface area contributed by atoms with Crippen molar-refractivity contribution in [3.8, 4) is 5.75 Å². The number of aromatic amines is 1. The third-order valence-electron chi connectivity index (χ3n) is 2.11. The third kappa shape index (κ3) is 3.20. The van der Waals surface area contributed by atoms with E-state index in [0.29, 0.717) is 12.4 Å². The van der Waals surface area contributed by atoms with E-state index in [-0.39, 0.29) is 23.8 Å². The van der Waals surface area contributed by atoms with Gasteiger partial charge in [-0.1, -0.05) is 0 Å². The van der Waals surface area contributed by atoms with Gasteiger partial charge in [0.25, 0.3) is 5.56 Å². The Labute approximate surface area is 98.8 Å². The van der Waals surface area contributed by atoms with E-state index in [2.05, 4.69) is 15.3 Å². The lowest BCUT2D eigenvalue weighted by Crippen LogP contribution is -2.36. The highest BCUT2D eigenvalue weighted by Crippen LogP contribution is 2.18. The van der Waals surface area contributed by atoms with Crippen LogP contribution in [0.2, 0.25) is 0 Å². The molecule has 0 unspecified atom stereocenters. The van der Waals surface area contributed by atoms with Crippen LogP contribution in [-0.2, 0) is 4.79 Å². The summed E-state index contributed by atoms with van der Waals surface area (Å²) in [5, 5.41) is 2.66. The molecule has 1 aromatic heterocycles. The van der Waals surface area contributed by atoms with E-state index in [4.69, 9.17) is 4.74 Å². The topological polar surface area (TPSA) is 87.3 Å². The molecule has 7 nitrogen and oxygen atoms in total. The van der Waals surface area contributed by atoms with Gasteiger partial charge in [-0.3, -0.25) is 9.59 Å². The fraction of sp³-hybridized carbons (Fsp3) is 0.500. The zero-order valence-electron chi connectivity index (χ0n) is 10.1. The molecule has 0 aliphatic rings. The Morgan fingerprint density at radius 3 is 2.94 bits per heavy atom. The van der Waals surface area contributed by atoms with Gasteiger partial charge in [-0.05, 0) is 6.92 Å². The minimum atomic E-state index is -0.375. The molecule has 0 aliphatic carbocycles. The highest BCUT2D eigenvalue weighted by molar-refractivity contribution is 5.81. The van der Waals surface area contributed by atoms with Gasteiger partial charge in [-0.2, -0.15) is 0 Å². The summed E-state index contributed by atoms with van der Waals surface area (Å²) in [6, 6.07) is 0. The lowest BCUT2D eigenvalue weighted by Gasteiger charge is -2.18. The minimum absolute atomic E-state index is 0.0966. The largest absolute Gasteiger partial charge is 0.489 e. The molecule has 1 aromatic rings. The smallest absolute Gasteiger partial charge is 0.295 e. The van der Waals surface area contributed by atoms with Crippen LogP contribution in [0, 0.1) is 0 Å². The molecule has 7 heteroatoms. The zero-order chi connectivity index (χ0) is 12.8. The number of nitrogens with one attached hydrogen (secondary N) is 2. The predicted octanol–water partition coefficient (Wildman–Crippen LogP) is -0.649. The molecule has 0 aromatic carbocycles. The van der Waals surface area contributed by atoms with Crippen LogP contribution in [-0.4, -0.2) is 43.1 Å². The highest BCUT2D eigenvalue weighted by Gasteiger charge is 2.15. The average molecular weight is 240 g/mol. The van der Waals surface area contributed by atoms with Gasteiger partial charge in [0.2, 0.25) is 11.7 Å². The standard InChI is InChI=1S/C10H16N4O3/c1-4-11-7(15)5-14(2)9-8(17-3)10(16)13-6-12-9/h6H,4-5H2,1-3H3,(H,11,15)(H,12,13,16). The number of H-pyrrole nitrogens is 1. The van der Waals surface area contributed by atoms with Crippen LogP contribution in [0.25, 0.3) is 0 Å². The lowest BCUT2D eigenvalue weighted by molar-refractivity contribution is -0.119. The molecule has 0 bridgehead atoms. The van der Waals surface area contributed by atoms with E-state index < -0.39 is 0 Å². The second-order valence-electron chi connectivity index (χ2n) is 3.40. The third-order valence-corrected chi connectivity index (χ3v) is 2.11. The zero-order valence-corrected chi connectivity index (χ0v) is 10.1. The van der Waals surface area contributed by atoms with Crippen LogP contribution in [0.15, 0.2) is 11.1 Å². The van der Waals surface area contributed by atoms with Crippen molar-refractivity contribution in [1.29, 1.82) is 0 Å². The normalized spacial score (nSPS) is 9.82. The summed E-state index contributed by atoms with van der Waals surface area (Å²) in [6.07, 6.45) is 1.27. The Bertz CT molecular complexity index is 443. The molecule has 0 atom stereocenters. The molecule has 17 heavy (non-hydrogen) atoms. The van der Waals surface area contributed by atoms with Crippen LogP contribution < -0.4 is 20.5 Å². The average Bonchev–Trinajstić information content (AvgIpc) is 2.28. The Balaban J connectivity index is 2.89. The van der Waals surface area contributed by atoms with Crippen molar-refractivity contribution in [1.82, 2.24) is 15.3 Å². The molecular formula is C10H16N4O3. The van der Waals surface area contributed by atoms with Crippen molar-refractivity contribution >= 4 is 11.7 Å². The maximum atomic E-state index is 11.4. The van der Waals surface area contributed by atoms with Crippen molar-refractivity contribution in [3.63, 3.8) is 0 Å². The molecule has 2 N–H and O–H groups in total. The molecule has 94 valence electrons. The SMILES string of the molecule is CCNC(=O)CN(C)c1nc[nH]c(=O)c1OC. The fourth-order valence-corrected chi connectivity index (χ4v) is 1.38. The van der Waals surface area contributed by atoms with Crippen LogP contribution >= 0.6 is 0 Å². The van der Waals surface area contributed by atoms with Gasteiger partial charge in [0.15, 0.2) is 5.82 Å². The molecule has 0 radical (unpaired) electrons. The summed E-state index contributed by atoms with van der Waals surface area (Å²) in [5.41, 5.74) is -0.375. The first-order valence-electron chi connectivity index (χ1n) is 5.19. The summed E-state index contributed by atoms with van der Waals surface area (Å²) >= 11 is 0. The van der Waals surface area contributed by atoms with E-state index in [0.717, 1.165) is 0 Å². The first kappa shape index (κ1) is 13.0. The molecule has 0 fully saturated rings. The highest BCUT2D eigenvalue weighted by atomic mass is 16.5. The van der Waals surface area contributed by atoms with Gasteiger partial charge in [0.05, 0.1) is 20.0 Å². The minimum Gasteiger partial charge on any atom is -0.489 e. The summed E-state index contributed by atoms with van der Waals surface area (Å²) in [6.45, 7) is 2.51. The van der Waals surface area contributed by atoms with E-state index in [9.17, 15) is 9.59 Å². The summed E-state index contributed by atoms with van der Waals surface area (Å²) in [5.74, 6) is 0.293. The lowest BCUT2D eigenvalue weighted by atomic mass is 10.4. The van der Waals surface area contributed by atoms with E-state index >= 15 is 0 Å². The first-order chi connectivity index (χ1) is 8.10. The van der Waals surface area contributed by atoms with Gasteiger partial charge in [-0.25, -0.2) is 4.98 Å². The van der Waals surface area contributed by atoms with E-state index in [1.54, 1.807) is 11.9 Å². The monoisotopic (exact) mass is 240 g/mol. The second-order valence-corrected chi connectivity index (χ2v) is 3.40. The molecule has 0 aliphatic heterocycles. The van der Waals surface area contributed by atoms with E-state index in [1.807, 2.05) is 6.92 Å².